The molecule has 0 spiro atoms. The largest absolute Gasteiger partial charge is 0.377 e. The van der Waals surface area contributed by atoms with Crippen LogP contribution in [0.15, 0.2) is 11.1 Å². The molecule has 0 amide bonds. The Hall–Kier alpha value is -0.340. The van der Waals surface area contributed by atoms with Crippen molar-refractivity contribution in [2.75, 3.05) is 19.8 Å². The molecule has 2 fully saturated rings. The lowest BCUT2D eigenvalue weighted by atomic mass is 9.94. The van der Waals surface area contributed by atoms with Gasteiger partial charge in [0.2, 0.25) is 0 Å². The molecule has 0 bridgehead atoms. The van der Waals surface area contributed by atoms with E-state index >= 15 is 0 Å². The van der Waals surface area contributed by atoms with Crippen molar-refractivity contribution in [1.82, 2.24) is 5.32 Å². The highest BCUT2D eigenvalue weighted by molar-refractivity contribution is 5.15. The summed E-state index contributed by atoms with van der Waals surface area (Å²) in [7, 11) is 0. The summed E-state index contributed by atoms with van der Waals surface area (Å²) in [6, 6.07) is 0.730. The minimum atomic E-state index is 0.730. The average Bonchev–Trinajstić information content (AvgIpc) is 2.31. The van der Waals surface area contributed by atoms with E-state index in [1.54, 1.807) is 11.1 Å². The van der Waals surface area contributed by atoms with Crippen LogP contribution in [0.25, 0.3) is 0 Å². The number of nitrogens with one attached hydrogen (secondary N) is 1. The summed E-state index contributed by atoms with van der Waals surface area (Å²) in [5.41, 5.74) is 3.14. The molecule has 2 saturated heterocycles. The van der Waals surface area contributed by atoms with Gasteiger partial charge in [0, 0.05) is 12.6 Å². The Balaban J connectivity index is 1.85. The minimum Gasteiger partial charge on any atom is -0.377 e. The van der Waals surface area contributed by atoms with Gasteiger partial charge in [-0.2, -0.15) is 0 Å². The summed E-state index contributed by atoms with van der Waals surface area (Å²) in [6.45, 7) is 5.35. The second-order valence-corrected chi connectivity index (χ2v) is 4.89. The Kier molecular flexibility index (Phi) is 4.21. The van der Waals surface area contributed by atoms with E-state index in [-0.39, 0.29) is 0 Å². The molecule has 2 nitrogen and oxygen atoms in total. The maximum atomic E-state index is 5.51. The second-order valence-electron chi connectivity index (χ2n) is 4.89. The smallest absolute Gasteiger partial charge is 0.0679 e. The summed E-state index contributed by atoms with van der Waals surface area (Å²) in [6.07, 6.45) is 7.82. The van der Waals surface area contributed by atoms with Gasteiger partial charge in [0.25, 0.3) is 0 Å². The minimum absolute atomic E-state index is 0.730. The molecule has 0 aliphatic carbocycles. The van der Waals surface area contributed by atoms with Crippen molar-refractivity contribution in [3.63, 3.8) is 0 Å². The van der Waals surface area contributed by atoms with Gasteiger partial charge in [-0.3, -0.25) is 0 Å². The first-order valence-electron chi connectivity index (χ1n) is 6.35. The maximum absolute atomic E-state index is 5.51. The highest BCUT2D eigenvalue weighted by Crippen LogP contribution is 2.22. The van der Waals surface area contributed by atoms with Gasteiger partial charge in [-0.05, 0) is 51.1 Å². The highest BCUT2D eigenvalue weighted by atomic mass is 16.5. The number of hydrogen-bond acceptors (Lipinski definition) is 2. The Morgan fingerprint density at radius 1 is 1.40 bits per heavy atom. The summed E-state index contributed by atoms with van der Waals surface area (Å²) >= 11 is 0. The standard InChI is InChI=1S/C13H23NO/c1-11(12-5-4-8-15-10-12)9-13-6-2-3-7-14-13/h13-14H,2-10H2,1H3. The number of piperidine rings is 1. The van der Waals surface area contributed by atoms with E-state index in [1.165, 1.54) is 45.1 Å². The van der Waals surface area contributed by atoms with Crippen LogP contribution in [0, 0.1) is 0 Å². The third-order valence-electron chi connectivity index (χ3n) is 3.61. The number of ether oxygens (including phenoxy) is 1. The average molecular weight is 209 g/mol. The molecule has 0 aromatic heterocycles. The Bertz CT molecular complexity index is 221. The summed E-state index contributed by atoms with van der Waals surface area (Å²) in [4.78, 5) is 0. The summed E-state index contributed by atoms with van der Waals surface area (Å²) in [5.74, 6) is 0. The zero-order valence-corrected chi connectivity index (χ0v) is 9.85. The Morgan fingerprint density at radius 3 is 3.00 bits per heavy atom. The molecule has 1 unspecified atom stereocenters. The van der Waals surface area contributed by atoms with Gasteiger partial charge in [0.05, 0.1) is 6.61 Å². The van der Waals surface area contributed by atoms with Crippen molar-refractivity contribution >= 4 is 0 Å². The van der Waals surface area contributed by atoms with Gasteiger partial charge in [-0.15, -0.1) is 0 Å². The van der Waals surface area contributed by atoms with Gasteiger partial charge in [-0.1, -0.05) is 12.0 Å². The third-order valence-corrected chi connectivity index (χ3v) is 3.61. The van der Waals surface area contributed by atoms with Gasteiger partial charge in [0.15, 0.2) is 0 Å². The van der Waals surface area contributed by atoms with Gasteiger partial charge < -0.3 is 10.1 Å². The molecule has 86 valence electrons. The molecule has 15 heavy (non-hydrogen) atoms. The third kappa shape index (κ3) is 3.32. The Morgan fingerprint density at radius 2 is 2.33 bits per heavy atom. The molecule has 0 aromatic carbocycles. The predicted molar refractivity (Wildman–Crippen MR) is 63.0 cm³/mol. The molecule has 2 aliphatic rings. The molecule has 2 heteroatoms. The van der Waals surface area contributed by atoms with E-state index in [4.69, 9.17) is 4.74 Å². The SMILES string of the molecule is CC(CC1CCCCN1)=C1CCCOC1. The molecule has 0 saturated carbocycles. The van der Waals surface area contributed by atoms with Crippen LogP contribution in [0.4, 0.5) is 0 Å². The second kappa shape index (κ2) is 5.66. The van der Waals surface area contributed by atoms with E-state index in [1.807, 2.05) is 0 Å². The van der Waals surface area contributed by atoms with Crippen LogP contribution in [-0.4, -0.2) is 25.8 Å². The fourth-order valence-corrected chi connectivity index (χ4v) is 2.60. The molecular formula is C13H23NO. The van der Waals surface area contributed by atoms with Gasteiger partial charge in [-0.25, -0.2) is 0 Å². The van der Waals surface area contributed by atoms with Crippen LogP contribution >= 0.6 is 0 Å². The molecule has 2 aliphatic heterocycles. The molecule has 1 N–H and O–H groups in total. The van der Waals surface area contributed by atoms with Gasteiger partial charge >= 0.3 is 0 Å². The van der Waals surface area contributed by atoms with Crippen molar-refractivity contribution in [1.29, 1.82) is 0 Å². The number of hydrogen-bond donors (Lipinski definition) is 1. The summed E-state index contributed by atoms with van der Waals surface area (Å²) in [5, 5.41) is 3.61. The topological polar surface area (TPSA) is 21.3 Å². The van der Waals surface area contributed by atoms with E-state index in [2.05, 4.69) is 12.2 Å². The van der Waals surface area contributed by atoms with E-state index < -0.39 is 0 Å². The van der Waals surface area contributed by atoms with Crippen LogP contribution in [0.1, 0.15) is 45.4 Å². The van der Waals surface area contributed by atoms with E-state index in [0.29, 0.717) is 0 Å². The normalized spacial score (nSPS) is 31.4. The van der Waals surface area contributed by atoms with E-state index in [0.717, 1.165) is 19.3 Å². The van der Waals surface area contributed by atoms with Crippen molar-refractivity contribution in [2.45, 2.75) is 51.5 Å². The molecule has 0 radical (unpaired) electrons. The van der Waals surface area contributed by atoms with Crippen molar-refractivity contribution < 1.29 is 4.74 Å². The van der Waals surface area contributed by atoms with Crippen LogP contribution < -0.4 is 5.32 Å². The van der Waals surface area contributed by atoms with Crippen molar-refractivity contribution in [3.05, 3.63) is 11.1 Å². The van der Waals surface area contributed by atoms with Crippen molar-refractivity contribution in [2.24, 2.45) is 0 Å². The van der Waals surface area contributed by atoms with Crippen LogP contribution in [0.3, 0.4) is 0 Å². The molecule has 1 atom stereocenters. The van der Waals surface area contributed by atoms with Crippen LogP contribution in [0.5, 0.6) is 0 Å². The lowest BCUT2D eigenvalue weighted by Gasteiger charge is -2.25. The first-order valence-corrected chi connectivity index (χ1v) is 6.35. The predicted octanol–water partition coefficient (Wildman–Crippen LogP) is 2.65. The fraction of sp³-hybridized carbons (Fsp3) is 0.846. The fourth-order valence-electron chi connectivity index (χ4n) is 2.60. The highest BCUT2D eigenvalue weighted by Gasteiger charge is 2.15. The lowest BCUT2D eigenvalue weighted by molar-refractivity contribution is 0.128. The van der Waals surface area contributed by atoms with Crippen molar-refractivity contribution in [3.8, 4) is 0 Å². The molecule has 0 aromatic rings. The van der Waals surface area contributed by atoms with Gasteiger partial charge in [0.1, 0.15) is 0 Å². The number of rotatable bonds is 2. The van der Waals surface area contributed by atoms with Crippen LogP contribution in [-0.2, 0) is 4.74 Å². The monoisotopic (exact) mass is 209 g/mol. The molecule has 2 rings (SSSR count). The molecule has 2 heterocycles. The zero-order chi connectivity index (χ0) is 10.5. The quantitative estimate of drug-likeness (QED) is 0.706. The van der Waals surface area contributed by atoms with E-state index in [9.17, 15) is 0 Å². The first-order chi connectivity index (χ1) is 7.36. The zero-order valence-electron chi connectivity index (χ0n) is 9.85. The van der Waals surface area contributed by atoms with Crippen LogP contribution in [0.2, 0.25) is 0 Å². The summed E-state index contributed by atoms with van der Waals surface area (Å²) < 4.78 is 5.51. The Labute approximate surface area is 93.1 Å². The first kappa shape index (κ1) is 11.2. The molecular weight excluding hydrogens is 186 g/mol. The maximum Gasteiger partial charge on any atom is 0.0679 e. The lowest BCUT2D eigenvalue weighted by Crippen LogP contribution is -2.34.